The van der Waals surface area contributed by atoms with Crippen LogP contribution in [0.25, 0.3) is 43.8 Å². The maximum atomic E-state index is 5.49. The van der Waals surface area contributed by atoms with Crippen LogP contribution in [0.2, 0.25) is 0 Å². The predicted octanol–water partition coefficient (Wildman–Crippen LogP) is 11.8. The largest absolute Gasteiger partial charge is 0.0887 e. The van der Waals surface area contributed by atoms with E-state index < -0.39 is 0 Å². The van der Waals surface area contributed by atoms with Gasteiger partial charge in [-0.2, -0.15) is 0 Å². The Morgan fingerprint density at radius 2 is 1.32 bits per heavy atom. The van der Waals surface area contributed by atoms with Gasteiger partial charge in [0, 0.05) is 5.37 Å². The van der Waals surface area contributed by atoms with Crippen LogP contribution in [0.4, 0.5) is 0 Å². The minimum atomic E-state index is 0.968. The lowest BCUT2D eigenvalue weighted by Crippen LogP contribution is -2.00. The molecule has 1 heteroatoms. The number of benzene rings is 6. The number of fused-ring (bicyclic) bond motifs is 5. The second kappa shape index (κ2) is 12.0. The molecule has 0 heterocycles. The summed E-state index contributed by atoms with van der Waals surface area (Å²) < 4.78 is 0. The van der Waals surface area contributed by atoms with E-state index in [0.717, 1.165) is 18.4 Å². The predicted molar refractivity (Wildman–Crippen MR) is 194 cm³/mol. The van der Waals surface area contributed by atoms with Crippen LogP contribution in [0, 0.1) is 0 Å². The van der Waals surface area contributed by atoms with Crippen molar-refractivity contribution < 1.29 is 0 Å². The first-order valence-electron chi connectivity index (χ1n) is 15.4. The van der Waals surface area contributed by atoms with Gasteiger partial charge in [0.15, 0.2) is 0 Å². The number of allylic oxidation sites excluding steroid dienone is 4. The van der Waals surface area contributed by atoms with Crippen molar-refractivity contribution in [3.63, 3.8) is 0 Å². The van der Waals surface area contributed by atoms with E-state index in [2.05, 4.69) is 153 Å². The quantitative estimate of drug-likeness (QED) is 0.102. The second-order valence-corrected chi connectivity index (χ2v) is 11.8. The summed E-state index contributed by atoms with van der Waals surface area (Å²) >= 11 is 5.49. The van der Waals surface area contributed by atoms with Gasteiger partial charge < -0.3 is 0 Å². The van der Waals surface area contributed by atoms with E-state index in [4.69, 9.17) is 12.2 Å². The second-order valence-electron chi connectivity index (χ2n) is 11.6. The highest BCUT2D eigenvalue weighted by Crippen LogP contribution is 2.43. The summed E-state index contributed by atoms with van der Waals surface area (Å²) in [6, 6.07) is 44.5. The summed E-state index contributed by atoms with van der Waals surface area (Å²) in [5.74, 6) is 0. The van der Waals surface area contributed by atoms with Gasteiger partial charge in [0.2, 0.25) is 0 Å². The number of hydrogen-bond donors (Lipinski definition) is 0. The molecule has 212 valence electrons. The van der Waals surface area contributed by atoms with Gasteiger partial charge in [0.05, 0.1) is 0 Å². The molecule has 0 spiro atoms. The molecule has 0 saturated carbocycles. The maximum Gasteiger partial charge on any atom is 0.00199 e. The molecule has 0 atom stereocenters. The zero-order valence-electron chi connectivity index (χ0n) is 25.2. The van der Waals surface area contributed by atoms with Crippen molar-refractivity contribution >= 4 is 50.3 Å². The zero-order valence-corrected chi connectivity index (χ0v) is 26.0. The van der Waals surface area contributed by atoms with Crippen LogP contribution in [-0.2, 0) is 6.42 Å². The summed E-state index contributed by atoms with van der Waals surface area (Å²) in [6.45, 7) is 4.42. The average Bonchev–Trinajstić information content (AvgIpc) is 3.42. The Morgan fingerprint density at radius 1 is 0.659 bits per heavy atom. The van der Waals surface area contributed by atoms with Crippen molar-refractivity contribution in [3.05, 3.63) is 179 Å². The SMILES string of the molecule is CC/C=C\C(C)=C(\c1ccccc1/C(=C/C=S)c1ccc2c(c1)-c1cc3ccccc3cc1C2)c1cccc2ccccc12. The van der Waals surface area contributed by atoms with Crippen LogP contribution in [-0.4, -0.2) is 5.37 Å². The molecule has 0 nitrogen and oxygen atoms in total. The Morgan fingerprint density at radius 3 is 2.11 bits per heavy atom. The summed E-state index contributed by atoms with van der Waals surface area (Å²) in [4.78, 5) is 0. The first kappa shape index (κ1) is 28.0. The minimum absolute atomic E-state index is 0.968. The van der Waals surface area contributed by atoms with Crippen molar-refractivity contribution in [3.8, 4) is 11.1 Å². The van der Waals surface area contributed by atoms with Gasteiger partial charge in [0.1, 0.15) is 0 Å². The molecule has 0 saturated heterocycles. The van der Waals surface area contributed by atoms with Crippen LogP contribution >= 0.6 is 12.2 Å². The molecule has 1 aliphatic carbocycles. The number of hydrogen-bond acceptors (Lipinski definition) is 1. The van der Waals surface area contributed by atoms with Crippen molar-refractivity contribution in [1.82, 2.24) is 0 Å². The third-order valence-corrected chi connectivity index (χ3v) is 8.98. The molecular formula is C43H34S. The fourth-order valence-corrected chi connectivity index (χ4v) is 6.91. The van der Waals surface area contributed by atoms with E-state index in [-0.39, 0.29) is 0 Å². The van der Waals surface area contributed by atoms with Crippen molar-refractivity contribution in [2.45, 2.75) is 26.7 Å². The molecule has 0 N–H and O–H groups in total. The van der Waals surface area contributed by atoms with Crippen molar-refractivity contribution in [2.75, 3.05) is 0 Å². The molecule has 6 aromatic rings. The first-order chi connectivity index (χ1) is 21.7. The summed E-state index contributed by atoms with van der Waals surface area (Å²) in [7, 11) is 0. The van der Waals surface area contributed by atoms with Crippen LogP contribution in [0.5, 0.6) is 0 Å². The number of rotatable bonds is 7. The van der Waals surface area contributed by atoms with E-state index in [1.165, 1.54) is 77.2 Å². The average molecular weight is 583 g/mol. The fourth-order valence-electron chi connectivity index (χ4n) is 6.78. The van der Waals surface area contributed by atoms with Crippen molar-refractivity contribution in [2.24, 2.45) is 0 Å². The lowest BCUT2D eigenvalue weighted by molar-refractivity contribution is 1.22. The monoisotopic (exact) mass is 582 g/mol. The minimum Gasteiger partial charge on any atom is -0.0887 e. The first-order valence-corrected chi connectivity index (χ1v) is 15.9. The highest BCUT2D eigenvalue weighted by atomic mass is 32.1. The van der Waals surface area contributed by atoms with Gasteiger partial charge in [-0.1, -0.05) is 140 Å². The molecule has 6 aromatic carbocycles. The Bertz CT molecular complexity index is 2150. The van der Waals surface area contributed by atoms with E-state index in [0.29, 0.717) is 0 Å². The molecule has 0 bridgehead atoms. The van der Waals surface area contributed by atoms with Gasteiger partial charge in [-0.25, -0.2) is 0 Å². The Hall–Kier alpha value is -4.85. The Balaban J connectivity index is 1.42. The summed E-state index contributed by atoms with van der Waals surface area (Å²) in [5, 5.41) is 6.84. The Kier molecular flexibility index (Phi) is 7.64. The highest BCUT2D eigenvalue weighted by molar-refractivity contribution is 7.79. The van der Waals surface area contributed by atoms with E-state index >= 15 is 0 Å². The summed E-state index contributed by atoms with van der Waals surface area (Å²) in [6.07, 6.45) is 8.58. The number of thiocarbonyl (C=S) groups is 1. The molecule has 0 fully saturated rings. The third kappa shape index (κ3) is 5.04. The maximum absolute atomic E-state index is 5.49. The topological polar surface area (TPSA) is 0 Å². The zero-order chi connectivity index (χ0) is 30.0. The lowest BCUT2D eigenvalue weighted by atomic mass is 9.83. The smallest absolute Gasteiger partial charge is 0.00199 e. The highest BCUT2D eigenvalue weighted by Gasteiger charge is 2.22. The van der Waals surface area contributed by atoms with Crippen LogP contribution in [0.3, 0.4) is 0 Å². The van der Waals surface area contributed by atoms with Crippen molar-refractivity contribution in [1.29, 1.82) is 0 Å². The molecule has 0 aliphatic heterocycles. The molecule has 0 unspecified atom stereocenters. The van der Waals surface area contributed by atoms with Gasteiger partial charge in [-0.05, 0) is 121 Å². The lowest BCUT2D eigenvalue weighted by Gasteiger charge is -2.20. The third-order valence-electron chi connectivity index (χ3n) is 8.84. The van der Waals surface area contributed by atoms with Gasteiger partial charge in [-0.15, -0.1) is 0 Å². The van der Waals surface area contributed by atoms with E-state index in [1.807, 2.05) is 0 Å². The van der Waals surface area contributed by atoms with E-state index in [9.17, 15) is 0 Å². The van der Waals surface area contributed by atoms with Gasteiger partial charge >= 0.3 is 0 Å². The molecule has 7 rings (SSSR count). The molecule has 0 amide bonds. The van der Waals surface area contributed by atoms with E-state index in [1.54, 1.807) is 5.37 Å². The Labute approximate surface area is 265 Å². The normalized spacial score (nSPS) is 13.3. The molecular weight excluding hydrogens is 549 g/mol. The molecule has 44 heavy (non-hydrogen) atoms. The summed E-state index contributed by atoms with van der Waals surface area (Å²) in [5.41, 5.74) is 13.9. The van der Waals surface area contributed by atoms with Crippen LogP contribution in [0.15, 0.2) is 145 Å². The standard InChI is InChI=1S/C43H34S/c1-3-4-12-29(2)43(39-20-11-16-30-13-7-8-17-36(30)39)40-19-10-9-18-38(40)37(23-24-44)34-22-21-33-26-35-25-31-14-5-6-15-32(31)27-42(35)41(33)28-34/h4-25,27-28H,3,26H2,1-2H3/b12-4-,37-23+,43-29+. The fraction of sp³-hybridized carbons (Fsp3) is 0.0930. The molecule has 0 radical (unpaired) electrons. The van der Waals surface area contributed by atoms with Crippen LogP contribution in [0.1, 0.15) is 53.6 Å². The molecule has 1 aliphatic rings. The van der Waals surface area contributed by atoms with Gasteiger partial charge in [-0.3, -0.25) is 0 Å². The molecule has 0 aromatic heterocycles. The van der Waals surface area contributed by atoms with Crippen LogP contribution < -0.4 is 0 Å². The van der Waals surface area contributed by atoms with Gasteiger partial charge in [0.25, 0.3) is 0 Å².